The van der Waals surface area contributed by atoms with E-state index >= 15 is 0 Å². The molecule has 3 fully saturated rings. The summed E-state index contributed by atoms with van der Waals surface area (Å²) >= 11 is 1.71. The first-order valence-corrected chi connectivity index (χ1v) is 10.3. The Morgan fingerprint density at radius 2 is 1.83 bits per heavy atom. The SMILES string of the molecule is CCN1CCC(NC(=O)C2CSCN2C(=O)C2CCCC2)CC1. The lowest BCUT2D eigenvalue weighted by molar-refractivity contribution is -0.141. The van der Waals surface area contributed by atoms with Crippen molar-refractivity contribution >= 4 is 23.6 Å². The molecule has 0 aromatic heterocycles. The highest BCUT2D eigenvalue weighted by atomic mass is 32.2. The third-order valence-electron chi connectivity index (χ3n) is 5.55. The zero-order valence-corrected chi connectivity index (χ0v) is 14.9. The van der Waals surface area contributed by atoms with E-state index in [1.54, 1.807) is 11.8 Å². The predicted octanol–water partition coefficient (Wildman–Crippen LogP) is 1.68. The van der Waals surface area contributed by atoms with Gasteiger partial charge in [-0.2, -0.15) is 0 Å². The van der Waals surface area contributed by atoms with Crippen molar-refractivity contribution in [2.24, 2.45) is 5.92 Å². The fraction of sp³-hybridized carbons (Fsp3) is 0.882. The second-order valence-electron chi connectivity index (χ2n) is 7.02. The van der Waals surface area contributed by atoms with Gasteiger partial charge in [-0.05, 0) is 32.2 Å². The zero-order chi connectivity index (χ0) is 16.2. The molecule has 2 aliphatic heterocycles. The molecular formula is C17H29N3O2S. The molecule has 1 saturated carbocycles. The van der Waals surface area contributed by atoms with Crippen molar-refractivity contribution in [3.63, 3.8) is 0 Å². The molecule has 3 rings (SSSR count). The molecule has 1 N–H and O–H groups in total. The standard InChI is InChI=1S/C17H29N3O2S/c1-2-19-9-7-14(8-10-19)18-16(21)15-11-23-12-20(15)17(22)13-5-3-4-6-13/h13-15H,2-12H2,1H3,(H,18,21). The molecule has 130 valence electrons. The molecule has 1 unspecified atom stereocenters. The van der Waals surface area contributed by atoms with E-state index in [0.29, 0.717) is 5.88 Å². The Morgan fingerprint density at radius 1 is 1.13 bits per heavy atom. The number of thioether (sulfide) groups is 1. The van der Waals surface area contributed by atoms with Gasteiger partial charge in [-0.25, -0.2) is 0 Å². The average molecular weight is 340 g/mol. The molecule has 0 aromatic rings. The summed E-state index contributed by atoms with van der Waals surface area (Å²) in [4.78, 5) is 29.6. The lowest BCUT2D eigenvalue weighted by Crippen LogP contribution is -2.53. The number of rotatable bonds is 4. The van der Waals surface area contributed by atoms with Crippen LogP contribution >= 0.6 is 11.8 Å². The van der Waals surface area contributed by atoms with Gasteiger partial charge in [-0.15, -0.1) is 11.8 Å². The van der Waals surface area contributed by atoms with Gasteiger partial charge in [0.25, 0.3) is 0 Å². The van der Waals surface area contributed by atoms with Crippen molar-refractivity contribution in [3.8, 4) is 0 Å². The fourth-order valence-electron chi connectivity index (χ4n) is 3.98. The summed E-state index contributed by atoms with van der Waals surface area (Å²) in [7, 11) is 0. The van der Waals surface area contributed by atoms with Crippen molar-refractivity contribution < 1.29 is 9.59 Å². The van der Waals surface area contributed by atoms with Crippen LogP contribution < -0.4 is 5.32 Å². The van der Waals surface area contributed by atoms with E-state index in [0.717, 1.165) is 63.9 Å². The Bertz CT molecular complexity index is 432. The van der Waals surface area contributed by atoms with Crippen LogP contribution in [0.4, 0.5) is 0 Å². The number of nitrogens with zero attached hydrogens (tertiary/aromatic N) is 2. The van der Waals surface area contributed by atoms with Gasteiger partial charge in [0.15, 0.2) is 0 Å². The van der Waals surface area contributed by atoms with Crippen molar-refractivity contribution in [2.45, 2.75) is 57.5 Å². The molecule has 0 spiro atoms. The number of likely N-dealkylation sites (tertiary alicyclic amines) is 1. The number of nitrogens with one attached hydrogen (secondary N) is 1. The van der Waals surface area contributed by atoms with Crippen LogP contribution in [0.5, 0.6) is 0 Å². The summed E-state index contributed by atoms with van der Waals surface area (Å²) in [6.07, 6.45) is 6.37. The third kappa shape index (κ3) is 4.02. The third-order valence-corrected chi connectivity index (χ3v) is 6.57. The normalized spacial score (nSPS) is 27.5. The zero-order valence-electron chi connectivity index (χ0n) is 14.1. The minimum Gasteiger partial charge on any atom is -0.351 e. The maximum atomic E-state index is 12.7. The number of carbonyl (C=O) groups is 2. The van der Waals surface area contributed by atoms with Gasteiger partial charge in [0.1, 0.15) is 6.04 Å². The van der Waals surface area contributed by atoms with Gasteiger partial charge in [0.05, 0.1) is 5.88 Å². The van der Waals surface area contributed by atoms with E-state index in [2.05, 4.69) is 17.1 Å². The monoisotopic (exact) mass is 339 g/mol. The second-order valence-corrected chi connectivity index (χ2v) is 8.02. The summed E-state index contributed by atoms with van der Waals surface area (Å²) in [6, 6.07) is 0.0247. The smallest absolute Gasteiger partial charge is 0.243 e. The van der Waals surface area contributed by atoms with Crippen molar-refractivity contribution in [2.75, 3.05) is 31.3 Å². The molecule has 2 heterocycles. The van der Waals surface area contributed by atoms with Gasteiger partial charge >= 0.3 is 0 Å². The van der Waals surface area contributed by atoms with Crippen LogP contribution in [0.15, 0.2) is 0 Å². The van der Waals surface area contributed by atoms with E-state index in [1.807, 2.05) is 4.90 Å². The quantitative estimate of drug-likeness (QED) is 0.847. The molecule has 1 aliphatic carbocycles. The van der Waals surface area contributed by atoms with Crippen molar-refractivity contribution in [3.05, 3.63) is 0 Å². The van der Waals surface area contributed by atoms with E-state index in [9.17, 15) is 9.59 Å². The summed E-state index contributed by atoms with van der Waals surface area (Å²) < 4.78 is 0. The molecule has 23 heavy (non-hydrogen) atoms. The van der Waals surface area contributed by atoms with Crippen LogP contribution in [-0.2, 0) is 9.59 Å². The first-order valence-electron chi connectivity index (χ1n) is 9.10. The van der Waals surface area contributed by atoms with E-state index in [4.69, 9.17) is 0 Å². The van der Waals surface area contributed by atoms with Crippen LogP contribution in [-0.4, -0.2) is 65.0 Å². The summed E-state index contributed by atoms with van der Waals surface area (Å²) in [5, 5.41) is 3.21. The fourth-order valence-corrected chi connectivity index (χ4v) is 5.14. The molecule has 5 nitrogen and oxygen atoms in total. The first-order chi connectivity index (χ1) is 11.2. The Labute approximate surface area is 143 Å². The minimum absolute atomic E-state index is 0.0660. The molecule has 6 heteroatoms. The van der Waals surface area contributed by atoms with Crippen LogP contribution in [0, 0.1) is 5.92 Å². The molecule has 1 atom stereocenters. The van der Waals surface area contributed by atoms with E-state index in [-0.39, 0.29) is 29.8 Å². The number of hydrogen-bond acceptors (Lipinski definition) is 4. The van der Waals surface area contributed by atoms with E-state index in [1.165, 1.54) is 0 Å². The minimum atomic E-state index is -0.252. The highest BCUT2D eigenvalue weighted by Crippen LogP contribution is 2.31. The molecule has 0 aromatic carbocycles. The summed E-state index contributed by atoms with van der Waals surface area (Å²) in [6.45, 7) is 5.39. The lowest BCUT2D eigenvalue weighted by atomic mass is 10.0. The van der Waals surface area contributed by atoms with Crippen molar-refractivity contribution in [1.29, 1.82) is 0 Å². The Balaban J connectivity index is 1.52. The number of piperidine rings is 1. The van der Waals surface area contributed by atoms with Crippen LogP contribution in [0.25, 0.3) is 0 Å². The highest BCUT2D eigenvalue weighted by molar-refractivity contribution is 7.99. The predicted molar refractivity (Wildman–Crippen MR) is 93.2 cm³/mol. The summed E-state index contributed by atoms with van der Waals surface area (Å²) in [5.74, 6) is 1.88. The van der Waals surface area contributed by atoms with Crippen LogP contribution in [0.2, 0.25) is 0 Å². The second kappa shape index (κ2) is 7.88. The molecule has 0 bridgehead atoms. The number of amides is 2. The van der Waals surface area contributed by atoms with Gasteiger partial charge < -0.3 is 15.1 Å². The molecule has 2 amide bonds. The van der Waals surface area contributed by atoms with Crippen LogP contribution in [0.3, 0.4) is 0 Å². The molecule has 0 radical (unpaired) electrons. The number of carbonyl (C=O) groups excluding carboxylic acids is 2. The van der Waals surface area contributed by atoms with Gasteiger partial charge in [0.2, 0.25) is 11.8 Å². The van der Waals surface area contributed by atoms with E-state index < -0.39 is 0 Å². The Kier molecular flexibility index (Phi) is 5.85. The average Bonchev–Trinajstić information content (AvgIpc) is 3.26. The Hall–Kier alpha value is -0.750. The largest absolute Gasteiger partial charge is 0.351 e. The first kappa shape index (κ1) is 17.1. The Morgan fingerprint density at radius 3 is 2.48 bits per heavy atom. The van der Waals surface area contributed by atoms with Gasteiger partial charge in [-0.1, -0.05) is 19.8 Å². The van der Waals surface area contributed by atoms with Gasteiger partial charge in [0, 0.05) is 30.8 Å². The van der Waals surface area contributed by atoms with Crippen molar-refractivity contribution in [1.82, 2.24) is 15.1 Å². The molecular weight excluding hydrogens is 310 g/mol. The summed E-state index contributed by atoms with van der Waals surface area (Å²) in [5.41, 5.74) is 0. The molecule has 2 saturated heterocycles. The molecule has 3 aliphatic rings. The lowest BCUT2D eigenvalue weighted by Gasteiger charge is -2.33. The maximum Gasteiger partial charge on any atom is 0.243 e. The van der Waals surface area contributed by atoms with Crippen LogP contribution in [0.1, 0.15) is 45.4 Å². The van der Waals surface area contributed by atoms with Gasteiger partial charge in [-0.3, -0.25) is 9.59 Å². The number of hydrogen-bond donors (Lipinski definition) is 1. The maximum absolute atomic E-state index is 12.7. The topological polar surface area (TPSA) is 52.7 Å². The highest BCUT2D eigenvalue weighted by Gasteiger charge is 2.38.